The number of hydrogen-bond donors (Lipinski definition) is 1. The number of thioether (sulfide) groups is 2. The quantitative estimate of drug-likeness (QED) is 0.169. The van der Waals surface area contributed by atoms with Crippen molar-refractivity contribution in [1.82, 2.24) is 0 Å². The van der Waals surface area contributed by atoms with Crippen LogP contribution >= 0.6 is 23.5 Å². The third kappa shape index (κ3) is 8.87. The van der Waals surface area contributed by atoms with Crippen LogP contribution in [0.1, 0.15) is 83.5 Å². The van der Waals surface area contributed by atoms with Gasteiger partial charge in [0, 0.05) is 23.3 Å². The van der Waals surface area contributed by atoms with Gasteiger partial charge in [0.2, 0.25) is 0 Å². The van der Waals surface area contributed by atoms with Crippen LogP contribution in [0, 0.1) is 24.2 Å². The predicted molar refractivity (Wildman–Crippen MR) is 125 cm³/mol. The van der Waals surface area contributed by atoms with Crippen molar-refractivity contribution in [1.29, 1.82) is 0 Å². The van der Waals surface area contributed by atoms with Crippen LogP contribution in [0.3, 0.4) is 0 Å². The molecule has 0 aromatic rings. The average Bonchev–Trinajstić information content (AvgIpc) is 3.28. The molecule has 2 aliphatic rings. The summed E-state index contributed by atoms with van der Waals surface area (Å²) in [6, 6.07) is 0. The summed E-state index contributed by atoms with van der Waals surface area (Å²) < 4.78 is 0. The van der Waals surface area contributed by atoms with Gasteiger partial charge in [-0.2, -0.15) is 23.5 Å². The average molecular weight is 423 g/mol. The first-order valence-corrected chi connectivity index (χ1v) is 13.4. The van der Waals surface area contributed by atoms with E-state index in [0.29, 0.717) is 6.42 Å². The Bertz CT molecular complexity index is 511. The first kappa shape index (κ1) is 23.7. The van der Waals surface area contributed by atoms with Crippen molar-refractivity contribution in [2.45, 2.75) is 94.0 Å². The van der Waals surface area contributed by atoms with Gasteiger partial charge < -0.3 is 5.11 Å². The van der Waals surface area contributed by atoms with E-state index in [2.05, 4.69) is 41.6 Å². The number of aliphatic carboxylic acids is 1. The van der Waals surface area contributed by atoms with Gasteiger partial charge in [-0.15, -0.1) is 12.3 Å². The molecule has 2 fully saturated rings. The Morgan fingerprint density at radius 1 is 1.04 bits per heavy atom. The lowest BCUT2D eigenvalue weighted by molar-refractivity contribution is -0.137. The van der Waals surface area contributed by atoms with Crippen molar-refractivity contribution in [3.63, 3.8) is 0 Å². The summed E-state index contributed by atoms with van der Waals surface area (Å²) in [5.74, 6) is 6.43. The summed E-state index contributed by atoms with van der Waals surface area (Å²) in [7, 11) is 0. The summed E-state index contributed by atoms with van der Waals surface area (Å²) in [6.07, 6.45) is 24.8. The van der Waals surface area contributed by atoms with Gasteiger partial charge in [0.05, 0.1) is 0 Å². The van der Waals surface area contributed by atoms with E-state index >= 15 is 0 Å². The summed E-state index contributed by atoms with van der Waals surface area (Å²) in [5, 5.41) is 10.5. The maximum absolute atomic E-state index is 10.6. The second kappa shape index (κ2) is 14.5. The lowest BCUT2D eigenvalue weighted by Crippen LogP contribution is -2.26. The Balaban J connectivity index is 1.55. The molecule has 0 aromatic carbocycles. The second-order valence-electron chi connectivity index (χ2n) is 8.23. The number of fused-ring (bicyclic) bond motifs is 2. The van der Waals surface area contributed by atoms with Crippen LogP contribution in [0.25, 0.3) is 0 Å². The van der Waals surface area contributed by atoms with Crippen molar-refractivity contribution in [3.8, 4) is 12.3 Å². The molecule has 4 atom stereocenters. The van der Waals surface area contributed by atoms with Crippen LogP contribution in [0.4, 0.5) is 0 Å². The van der Waals surface area contributed by atoms with E-state index in [1.54, 1.807) is 0 Å². The van der Waals surface area contributed by atoms with Gasteiger partial charge in [-0.05, 0) is 81.1 Å². The molecule has 2 nitrogen and oxygen atoms in total. The number of carboxylic acid groups (broad SMARTS) is 1. The molecule has 2 rings (SSSR count). The van der Waals surface area contributed by atoms with E-state index in [1.807, 2.05) is 0 Å². The zero-order valence-electron chi connectivity index (χ0n) is 17.3. The Labute approximate surface area is 181 Å². The van der Waals surface area contributed by atoms with Crippen molar-refractivity contribution >= 4 is 29.5 Å². The molecule has 0 unspecified atom stereocenters. The molecular formula is C24H38O2S2. The van der Waals surface area contributed by atoms with E-state index in [-0.39, 0.29) is 0 Å². The predicted octanol–water partition coefficient (Wildman–Crippen LogP) is 6.79. The lowest BCUT2D eigenvalue weighted by Gasteiger charge is -2.29. The SMILES string of the molecule is C#CCCCCCSCCCC[C@H]1[C@@H](C/C=C\CCCC(=O)O)[C@H]2CC[C@@H]1S2. The first-order valence-electron chi connectivity index (χ1n) is 11.3. The van der Waals surface area contributed by atoms with Gasteiger partial charge in [0.15, 0.2) is 0 Å². The van der Waals surface area contributed by atoms with Crippen LogP contribution in [-0.2, 0) is 4.79 Å². The summed E-state index contributed by atoms with van der Waals surface area (Å²) in [6.45, 7) is 0. The number of terminal acetylenes is 1. The van der Waals surface area contributed by atoms with Crippen molar-refractivity contribution in [2.24, 2.45) is 11.8 Å². The number of unbranched alkanes of at least 4 members (excludes halogenated alkanes) is 5. The van der Waals surface area contributed by atoms with Crippen molar-refractivity contribution < 1.29 is 9.90 Å². The Morgan fingerprint density at radius 2 is 1.79 bits per heavy atom. The molecule has 158 valence electrons. The zero-order valence-corrected chi connectivity index (χ0v) is 19.0. The van der Waals surface area contributed by atoms with Gasteiger partial charge in [0.1, 0.15) is 0 Å². The summed E-state index contributed by atoms with van der Waals surface area (Å²) >= 11 is 4.39. The van der Waals surface area contributed by atoms with Gasteiger partial charge >= 0.3 is 5.97 Å². The molecule has 0 saturated carbocycles. The monoisotopic (exact) mass is 422 g/mol. The highest BCUT2D eigenvalue weighted by molar-refractivity contribution is 8.01. The molecule has 28 heavy (non-hydrogen) atoms. The van der Waals surface area contributed by atoms with Crippen LogP contribution in [-0.4, -0.2) is 33.1 Å². The topological polar surface area (TPSA) is 37.3 Å². The second-order valence-corrected chi connectivity index (χ2v) is 10.9. The molecule has 2 bridgehead atoms. The third-order valence-electron chi connectivity index (χ3n) is 6.11. The largest absolute Gasteiger partial charge is 0.481 e. The van der Waals surface area contributed by atoms with Crippen LogP contribution in [0.2, 0.25) is 0 Å². The van der Waals surface area contributed by atoms with E-state index in [4.69, 9.17) is 11.5 Å². The van der Waals surface area contributed by atoms with Gasteiger partial charge in [-0.1, -0.05) is 25.0 Å². The van der Waals surface area contributed by atoms with Crippen molar-refractivity contribution in [2.75, 3.05) is 11.5 Å². The highest BCUT2D eigenvalue weighted by Crippen LogP contribution is 2.55. The first-order chi connectivity index (χ1) is 13.7. The Kier molecular flexibility index (Phi) is 12.3. The fraction of sp³-hybridized carbons (Fsp3) is 0.792. The molecular weight excluding hydrogens is 384 g/mol. The number of carboxylic acids is 1. The van der Waals surface area contributed by atoms with E-state index in [1.165, 1.54) is 69.3 Å². The number of allylic oxidation sites excluding steroid dienone is 2. The molecule has 2 aliphatic heterocycles. The maximum atomic E-state index is 10.6. The smallest absolute Gasteiger partial charge is 0.303 e. The lowest BCUT2D eigenvalue weighted by atomic mass is 9.75. The maximum Gasteiger partial charge on any atom is 0.303 e. The normalized spacial score (nSPS) is 26.1. The molecule has 0 radical (unpaired) electrons. The van der Waals surface area contributed by atoms with Crippen molar-refractivity contribution in [3.05, 3.63) is 12.2 Å². The van der Waals surface area contributed by atoms with Gasteiger partial charge in [-0.3, -0.25) is 4.79 Å². The third-order valence-corrected chi connectivity index (χ3v) is 9.14. The van der Waals surface area contributed by atoms with E-state index in [0.717, 1.165) is 41.6 Å². The summed E-state index contributed by atoms with van der Waals surface area (Å²) in [5.41, 5.74) is 0. The molecule has 1 N–H and O–H groups in total. The highest BCUT2D eigenvalue weighted by Gasteiger charge is 2.46. The molecule has 2 heterocycles. The number of carbonyl (C=O) groups is 1. The highest BCUT2D eigenvalue weighted by atomic mass is 32.2. The fourth-order valence-electron chi connectivity index (χ4n) is 4.63. The minimum atomic E-state index is -0.681. The standard InChI is InChI=1S/C24H38O2S2/c1-2-3-4-7-11-18-27-19-12-10-14-21-20(22-16-17-23(21)28-22)13-8-5-6-9-15-24(25)26/h1,5,8,20-23H,3-4,6-7,9-19H2,(H,25,26)/b8-5-/t20-,21+,22-,23+/m1/s1. The minimum Gasteiger partial charge on any atom is -0.481 e. The van der Waals surface area contributed by atoms with Gasteiger partial charge in [-0.25, -0.2) is 0 Å². The number of rotatable bonds is 16. The van der Waals surface area contributed by atoms with E-state index in [9.17, 15) is 4.79 Å². The number of hydrogen-bond acceptors (Lipinski definition) is 3. The van der Waals surface area contributed by atoms with Crippen LogP contribution < -0.4 is 0 Å². The Hall–Kier alpha value is -0.530. The molecule has 2 saturated heterocycles. The van der Waals surface area contributed by atoms with Crippen LogP contribution in [0.15, 0.2) is 12.2 Å². The molecule has 4 heteroatoms. The molecule has 0 aromatic heterocycles. The summed E-state index contributed by atoms with van der Waals surface area (Å²) in [4.78, 5) is 10.6. The minimum absolute atomic E-state index is 0.292. The zero-order chi connectivity index (χ0) is 20.0. The van der Waals surface area contributed by atoms with Gasteiger partial charge in [0.25, 0.3) is 0 Å². The van der Waals surface area contributed by atoms with Crippen LogP contribution in [0.5, 0.6) is 0 Å². The molecule has 0 amide bonds. The Morgan fingerprint density at radius 3 is 2.54 bits per heavy atom. The molecule has 0 aliphatic carbocycles. The van der Waals surface area contributed by atoms with E-state index < -0.39 is 5.97 Å². The fourth-order valence-corrected chi connectivity index (χ4v) is 7.70. The molecule has 0 spiro atoms.